The van der Waals surface area contributed by atoms with Crippen LogP contribution in [0.5, 0.6) is 0 Å². The van der Waals surface area contributed by atoms with Gasteiger partial charge in [0.15, 0.2) is 0 Å². The zero-order chi connectivity index (χ0) is 12.6. The van der Waals surface area contributed by atoms with Gasteiger partial charge < -0.3 is 19.8 Å². The summed E-state index contributed by atoms with van der Waals surface area (Å²) in [5.41, 5.74) is 0. The Hall–Kier alpha value is -1.14. The van der Waals surface area contributed by atoms with E-state index in [9.17, 15) is 14.7 Å². The zero-order valence-corrected chi connectivity index (χ0v) is 9.70. The van der Waals surface area contributed by atoms with Gasteiger partial charge in [0.2, 0.25) is 5.91 Å². The summed E-state index contributed by atoms with van der Waals surface area (Å²) in [5, 5.41) is 18.5. The number of likely N-dealkylation sites (tertiary alicyclic amines) is 1. The smallest absolute Gasteiger partial charge is 0.326 e. The number of β-amino-alcohol motifs (C(OH)–C–C–N with tert-alkyl or cyclic N) is 1. The van der Waals surface area contributed by atoms with Gasteiger partial charge >= 0.3 is 5.97 Å². The molecular formula is C11H17NO5. The number of hydrogen-bond donors (Lipinski definition) is 2. The van der Waals surface area contributed by atoms with E-state index < -0.39 is 18.1 Å². The molecule has 0 saturated carbocycles. The molecule has 2 heterocycles. The highest BCUT2D eigenvalue weighted by molar-refractivity contribution is 5.86. The van der Waals surface area contributed by atoms with Crippen LogP contribution in [0, 0.1) is 5.92 Å². The van der Waals surface area contributed by atoms with E-state index in [1.807, 2.05) is 6.92 Å². The maximum absolute atomic E-state index is 12.1. The molecule has 96 valence electrons. The molecule has 0 aliphatic carbocycles. The van der Waals surface area contributed by atoms with Crippen LogP contribution in [0.2, 0.25) is 0 Å². The largest absolute Gasteiger partial charge is 0.480 e. The molecule has 4 unspecified atom stereocenters. The molecule has 2 aliphatic rings. The van der Waals surface area contributed by atoms with Gasteiger partial charge in [-0.1, -0.05) is 0 Å². The second-order valence-electron chi connectivity index (χ2n) is 4.81. The van der Waals surface area contributed by atoms with Crippen molar-refractivity contribution in [1.82, 2.24) is 4.90 Å². The fourth-order valence-electron chi connectivity index (χ4n) is 2.52. The zero-order valence-electron chi connectivity index (χ0n) is 9.70. The third kappa shape index (κ3) is 2.42. The highest BCUT2D eigenvalue weighted by atomic mass is 16.5. The average Bonchev–Trinajstić information content (AvgIpc) is 2.83. The van der Waals surface area contributed by atoms with Crippen LogP contribution in [0.3, 0.4) is 0 Å². The summed E-state index contributed by atoms with van der Waals surface area (Å²) in [6, 6.07) is -0.895. The lowest BCUT2D eigenvalue weighted by molar-refractivity contribution is -0.149. The van der Waals surface area contributed by atoms with Crippen molar-refractivity contribution in [2.24, 2.45) is 5.92 Å². The van der Waals surface area contributed by atoms with Crippen molar-refractivity contribution in [2.75, 3.05) is 13.2 Å². The second-order valence-corrected chi connectivity index (χ2v) is 4.81. The summed E-state index contributed by atoms with van der Waals surface area (Å²) in [5.74, 6) is -1.53. The predicted molar refractivity (Wildman–Crippen MR) is 57.3 cm³/mol. The van der Waals surface area contributed by atoms with Gasteiger partial charge in [-0.25, -0.2) is 4.79 Å². The maximum Gasteiger partial charge on any atom is 0.326 e. The van der Waals surface area contributed by atoms with Crippen molar-refractivity contribution in [2.45, 2.75) is 38.0 Å². The molecule has 4 atom stereocenters. The third-order valence-corrected chi connectivity index (χ3v) is 3.39. The Bertz CT molecular complexity index is 332. The van der Waals surface area contributed by atoms with Crippen LogP contribution in [0.1, 0.15) is 19.8 Å². The normalized spacial score (nSPS) is 37.4. The molecule has 2 rings (SSSR count). The number of carbonyl (C=O) groups is 2. The summed E-state index contributed by atoms with van der Waals surface area (Å²) < 4.78 is 5.31. The molecule has 0 aromatic rings. The Morgan fingerprint density at radius 2 is 2.06 bits per heavy atom. The summed E-state index contributed by atoms with van der Waals surface area (Å²) >= 11 is 0. The molecule has 2 saturated heterocycles. The molecule has 2 N–H and O–H groups in total. The summed E-state index contributed by atoms with van der Waals surface area (Å²) in [6.07, 6.45) is 0.0432. The lowest BCUT2D eigenvalue weighted by Crippen LogP contribution is -2.43. The number of amides is 1. The molecular weight excluding hydrogens is 226 g/mol. The van der Waals surface area contributed by atoms with Gasteiger partial charge in [-0.2, -0.15) is 0 Å². The van der Waals surface area contributed by atoms with Crippen molar-refractivity contribution in [1.29, 1.82) is 0 Å². The van der Waals surface area contributed by atoms with Gasteiger partial charge in [0.05, 0.1) is 24.7 Å². The van der Waals surface area contributed by atoms with Crippen LogP contribution in [-0.2, 0) is 14.3 Å². The first-order valence-corrected chi connectivity index (χ1v) is 5.82. The lowest BCUT2D eigenvalue weighted by Gasteiger charge is -2.23. The van der Waals surface area contributed by atoms with Crippen LogP contribution in [-0.4, -0.2) is 58.4 Å². The molecule has 0 radical (unpaired) electrons. The highest BCUT2D eigenvalue weighted by Crippen LogP contribution is 2.26. The Labute approximate surface area is 99.2 Å². The fourth-order valence-corrected chi connectivity index (χ4v) is 2.52. The van der Waals surface area contributed by atoms with Gasteiger partial charge in [-0.05, 0) is 13.3 Å². The van der Waals surface area contributed by atoms with E-state index in [-0.39, 0.29) is 30.9 Å². The van der Waals surface area contributed by atoms with Crippen molar-refractivity contribution in [3.63, 3.8) is 0 Å². The van der Waals surface area contributed by atoms with Gasteiger partial charge in [-0.15, -0.1) is 0 Å². The molecule has 17 heavy (non-hydrogen) atoms. The van der Waals surface area contributed by atoms with E-state index in [0.29, 0.717) is 13.0 Å². The monoisotopic (exact) mass is 243 g/mol. The molecule has 0 aromatic carbocycles. The lowest BCUT2D eigenvalue weighted by atomic mass is 10.0. The number of rotatable bonds is 2. The molecule has 0 aromatic heterocycles. The minimum atomic E-state index is -1.05. The number of hydrogen-bond acceptors (Lipinski definition) is 4. The standard InChI is InChI=1S/C11H17NO5/c1-6-2-7(5-17-6)10(14)12-4-8(13)3-9(12)11(15)16/h6-9,13H,2-5H2,1H3,(H,15,16). The number of carboxylic acids is 1. The maximum atomic E-state index is 12.1. The van der Waals surface area contributed by atoms with E-state index in [2.05, 4.69) is 0 Å². The minimum absolute atomic E-state index is 0.0414. The van der Waals surface area contributed by atoms with E-state index in [1.54, 1.807) is 0 Å². The number of nitrogens with zero attached hydrogens (tertiary/aromatic N) is 1. The van der Waals surface area contributed by atoms with Gasteiger partial charge in [0.1, 0.15) is 6.04 Å². The van der Waals surface area contributed by atoms with Crippen molar-refractivity contribution >= 4 is 11.9 Å². The Kier molecular flexibility index (Phi) is 3.35. The van der Waals surface area contributed by atoms with Gasteiger partial charge in [0.25, 0.3) is 0 Å². The summed E-state index contributed by atoms with van der Waals surface area (Å²) in [7, 11) is 0. The highest BCUT2D eigenvalue weighted by Gasteiger charge is 2.42. The number of carbonyl (C=O) groups excluding carboxylic acids is 1. The molecule has 0 bridgehead atoms. The first kappa shape index (κ1) is 12.3. The Morgan fingerprint density at radius 3 is 2.59 bits per heavy atom. The summed E-state index contributed by atoms with van der Waals surface area (Å²) in [4.78, 5) is 24.4. The molecule has 6 nitrogen and oxygen atoms in total. The van der Waals surface area contributed by atoms with E-state index in [0.717, 1.165) is 0 Å². The van der Waals surface area contributed by atoms with Crippen LogP contribution in [0.4, 0.5) is 0 Å². The third-order valence-electron chi connectivity index (χ3n) is 3.39. The van der Waals surface area contributed by atoms with Crippen molar-refractivity contribution < 1.29 is 24.5 Å². The number of carboxylic acid groups (broad SMARTS) is 1. The predicted octanol–water partition coefficient (Wildman–Crippen LogP) is -0.542. The molecule has 0 spiro atoms. The Morgan fingerprint density at radius 1 is 1.35 bits per heavy atom. The van der Waals surface area contributed by atoms with E-state index >= 15 is 0 Å². The van der Waals surface area contributed by atoms with E-state index in [1.165, 1.54) is 4.90 Å². The van der Waals surface area contributed by atoms with Crippen molar-refractivity contribution in [3.8, 4) is 0 Å². The first-order chi connectivity index (χ1) is 7.99. The number of aliphatic hydroxyl groups excluding tert-OH is 1. The van der Waals surface area contributed by atoms with Crippen LogP contribution < -0.4 is 0 Å². The number of aliphatic carboxylic acids is 1. The molecule has 6 heteroatoms. The number of aliphatic hydroxyl groups is 1. The van der Waals surface area contributed by atoms with Crippen molar-refractivity contribution in [3.05, 3.63) is 0 Å². The van der Waals surface area contributed by atoms with Crippen LogP contribution in [0.15, 0.2) is 0 Å². The Balaban J connectivity index is 2.05. The molecule has 2 aliphatic heterocycles. The minimum Gasteiger partial charge on any atom is -0.480 e. The van der Waals surface area contributed by atoms with Gasteiger partial charge in [0, 0.05) is 13.0 Å². The second kappa shape index (κ2) is 4.62. The quantitative estimate of drug-likeness (QED) is 0.680. The molecule has 1 amide bonds. The van der Waals surface area contributed by atoms with Crippen LogP contribution >= 0.6 is 0 Å². The topological polar surface area (TPSA) is 87.1 Å². The fraction of sp³-hybridized carbons (Fsp3) is 0.818. The number of ether oxygens (including phenoxy) is 1. The summed E-state index contributed by atoms with van der Waals surface area (Å²) in [6.45, 7) is 2.35. The molecule has 2 fully saturated rings. The average molecular weight is 243 g/mol. The first-order valence-electron chi connectivity index (χ1n) is 5.82. The van der Waals surface area contributed by atoms with Crippen LogP contribution in [0.25, 0.3) is 0 Å². The SMILES string of the molecule is CC1CC(C(=O)N2CC(O)CC2C(=O)O)CO1. The van der Waals surface area contributed by atoms with Gasteiger partial charge in [-0.3, -0.25) is 4.79 Å². The van der Waals surface area contributed by atoms with E-state index in [4.69, 9.17) is 9.84 Å².